The molecular weight excluding hydrogens is 214 g/mol. The minimum absolute atomic E-state index is 0.0221. The van der Waals surface area contributed by atoms with Gasteiger partial charge in [-0.15, -0.1) is 0 Å². The van der Waals surface area contributed by atoms with Crippen LogP contribution in [0.4, 0.5) is 4.79 Å². The molecule has 2 fully saturated rings. The van der Waals surface area contributed by atoms with E-state index in [1.807, 2.05) is 0 Å². The molecule has 0 spiro atoms. The van der Waals surface area contributed by atoms with Crippen LogP contribution >= 0.6 is 0 Å². The monoisotopic (exact) mass is 229 g/mol. The number of carbonyl (C=O) groups excluding carboxylic acids is 1. The van der Waals surface area contributed by atoms with Crippen LogP contribution in [-0.2, 0) is 14.3 Å². The lowest BCUT2D eigenvalue weighted by Gasteiger charge is -2.25. The first-order valence-corrected chi connectivity index (χ1v) is 5.47. The van der Waals surface area contributed by atoms with Gasteiger partial charge in [-0.1, -0.05) is 0 Å². The van der Waals surface area contributed by atoms with Crippen molar-refractivity contribution in [3.05, 3.63) is 0 Å². The summed E-state index contributed by atoms with van der Waals surface area (Å²) in [6, 6.07) is 0. The van der Waals surface area contributed by atoms with Crippen molar-refractivity contribution in [1.29, 1.82) is 0 Å². The van der Waals surface area contributed by atoms with Crippen LogP contribution in [-0.4, -0.2) is 54.0 Å². The zero-order chi connectivity index (χ0) is 11.5. The molecule has 1 N–H and O–H groups in total. The van der Waals surface area contributed by atoms with Gasteiger partial charge < -0.3 is 19.5 Å². The van der Waals surface area contributed by atoms with E-state index in [0.29, 0.717) is 6.54 Å². The highest BCUT2D eigenvalue weighted by Crippen LogP contribution is 2.17. The lowest BCUT2D eigenvalue weighted by Crippen LogP contribution is -2.37. The van der Waals surface area contributed by atoms with Gasteiger partial charge in [-0.25, -0.2) is 9.59 Å². The Hall–Kier alpha value is -1.30. The summed E-state index contributed by atoms with van der Waals surface area (Å²) in [4.78, 5) is 23.4. The molecule has 2 atom stereocenters. The fourth-order valence-corrected chi connectivity index (χ4v) is 1.98. The van der Waals surface area contributed by atoms with Gasteiger partial charge in [0.15, 0.2) is 0 Å². The Kier molecular flexibility index (Phi) is 3.28. The third-order valence-electron chi connectivity index (χ3n) is 2.86. The molecule has 0 aromatic heterocycles. The number of carboxylic acids is 1. The van der Waals surface area contributed by atoms with Gasteiger partial charge in [-0.3, -0.25) is 0 Å². The van der Waals surface area contributed by atoms with Crippen LogP contribution < -0.4 is 0 Å². The van der Waals surface area contributed by atoms with E-state index in [0.717, 1.165) is 25.9 Å². The third kappa shape index (κ3) is 2.44. The highest BCUT2D eigenvalue weighted by molar-refractivity contribution is 5.81. The van der Waals surface area contributed by atoms with E-state index < -0.39 is 18.2 Å². The van der Waals surface area contributed by atoms with E-state index in [4.69, 9.17) is 14.6 Å². The van der Waals surface area contributed by atoms with Gasteiger partial charge in [-0.2, -0.15) is 0 Å². The van der Waals surface area contributed by atoms with E-state index in [-0.39, 0.29) is 12.6 Å². The van der Waals surface area contributed by atoms with Gasteiger partial charge in [0.05, 0.1) is 19.2 Å². The van der Waals surface area contributed by atoms with Gasteiger partial charge in [0.2, 0.25) is 6.10 Å². The summed E-state index contributed by atoms with van der Waals surface area (Å²) in [5.41, 5.74) is 0. The summed E-state index contributed by atoms with van der Waals surface area (Å²) in [6.45, 7) is 1.27. The zero-order valence-corrected chi connectivity index (χ0v) is 8.92. The molecule has 0 radical (unpaired) electrons. The van der Waals surface area contributed by atoms with Crippen molar-refractivity contribution in [2.75, 3.05) is 19.7 Å². The number of ether oxygens (including phenoxy) is 2. The number of aliphatic carboxylic acids is 1. The Bertz CT molecular complexity index is 287. The molecule has 2 aliphatic rings. The van der Waals surface area contributed by atoms with E-state index in [9.17, 15) is 9.59 Å². The molecule has 0 aromatic carbocycles. The SMILES string of the molecule is O=C(O)[C@H]1CN(CC2CCCCO2)C(=O)O1. The second-order valence-corrected chi connectivity index (χ2v) is 4.10. The van der Waals surface area contributed by atoms with Gasteiger partial charge in [0.25, 0.3) is 0 Å². The summed E-state index contributed by atoms with van der Waals surface area (Å²) in [5, 5.41) is 8.72. The van der Waals surface area contributed by atoms with Gasteiger partial charge >= 0.3 is 12.1 Å². The van der Waals surface area contributed by atoms with Gasteiger partial charge in [-0.05, 0) is 19.3 Å². The maximum Gasteiger partial charge on any atom is 0.410 e. The standard InChI is InChI=1S/C10H15NO5/c12-9(13)8-6-11(10(14)16-8)5-7-3-1-2-4-15-7/h7-8H,1-6H2,(H,12,13)/t7?,8-/m1/s1. The molecule has 2 heterocycles. The molecule has 90 valence electrons. The van der Waals surface area contributed by atoms with Crippen molar-refractivity contribution in [3.8, 4) is 0 Å². The molecule has 2 aliphatic heterocycles. The average molecular weight is 229 g/mol. The van der Waals surface area contributed by atoms with Crippen LogP contribution in [0.25, 0.3) is 0 Å². The molecule has 16 heavy (non-hydrogen) atoms. The number of hydrogen-bond acceptors (Lipinski definition) is 4. The van der Waals surface area contributed by atoms with Crippen LogP contribution in [0.1, 0.15) is 19.3 Å². The minimum Gasteiger partial charge on any atom is -0.478 e. The fourth-order valence-electron chi connectivity index (χ4n) is 1.98. The molecule has 0 bridgehead atoms. The number of rotatable bonds is 3. The van der Waals surface area contributed by atoms with Crippen molar-refractivity contribution in [1.82, 2.24) is 4.90 Å². The summed E-state index contributed by atoms with van der Waals surface area (Å²) < 4.78 is 10.2. The molecule has 6 heteroatoms. The molecule has 1 amide bonds. The Labute approximate surface area is 93.1 Å². The van der Waals surface area contributed by atoms with E-state index >= 15 is 0 Å². The Morgan fingerprint density at radius 3 is 2.88 bits per heavy atom. The van der Waals surface area contributed by atoms with Crippen LogP contribution in [0.3, 0.4) is 0 Å². The number of cyclic esters (lactones) is 1. The minimum atomic E-state index is -1.10. The number of carbonyl (C=O) groups is 2. The largest absolute Gasteiger partial charge is 0.478 e. The van der Waals surface area contributed by atoms with E-state index in [2.05, 4.69) is 0 Å². The lowest BCUT2D eigenvalue weighted by molar-refractivity contribution is -0.144. The predicted molar refractivity (Wildman–Crippen MR) is 53.1 cm³/mol. The van der Waals surface area contributed by atoms with Crippen molar-refractivity contribution < 1.29 is 24.2 Å². The van der Waals surface area contributed by atoms with Gasteiger partial charge in [0, 0.05) is 6.61 Å². The average Bonchev–Trinajstić information content (AvgIpc) is 2.62. The maximum atomic E-state index is 11.3. The molecule has 1 unspecified atom stereocenters. The number of hydrogen-bond donors (Lipinski definition) is 1. The highest BCUT2D eigenvalue weighted by atomic mass is 16.6. The predicted octanol–water partition coefficient (Wildman–Crippen LogP) is 0.461. The normalized spacial score (nSPS) is 30.2. The first kappa shape index (κ1) is 11.2. The molecule has 0 aliphatic carbocycles. The molecule has 2 saturated heterocycles. The Morgan fingerprint density at radius 2 is 2.31 bits per heavy atom. The molecule has 6 nitrogen and oxygen atoms in total. The quantitative estimate of drug-likeness (QED) is 0.760. The third-order valence-corrected chi connectivity index (χ3v) is 2.86. The van der Waals surface area contributed by atoms with Crippen molar-refractivity contribution >= 4 is 12.1 Å². The van der Waals surface area contributed by atoms with Crippen molar-refractivity contribution in [2.45, 2.75) is 31.5 Å². The highest BCUT2D eigenvalue weighted by Gasteiger charge is 2.37. The maximum absolute atomic E-state index is 11.3. The molecule has 0 saturated carbocycles. The second kappa shape index (κ2) is 4.69. The van der Waals surface area contributed by atoms with Crippen molar-refractivity contribution in [3.63, 3.8) is 0 Å². The first-order valence-electron chi connectivity index (χ1n) is 5.47. The number of nitrogens with zero attached hydrogens (tertiary/aromatic N) is 1. The van der Waals surface area contributed by atoms with Crippen LogP contribution in [0, 0.1) is 0 Å². The first-order chi connectivity index (χ1) is 7.66. The number of amides is 1. The summed E-state index contributed by atoms with van der Waals surface area (Å²) in [6.07, 6.45) is 1.50. The summed E-state index contributed by atoms with van der Waals surface area (Å²) >= 11 is 0. The molecular formula is C10H15NO5. The second-order valence-electron chi connectivity index (χ2n) is 4.10. The van der Waals surface area contributed by atoms with Gasteiger partial charge in [0.1, 0.15) is 0 Å². The van der Waals surface area contributed by atoms with E-state index in [1.54, 1.807) is 0 Å². The summed E-state index contributed by atoms with van der Waals surface area (Å²) in [5.74, 6) is -1.10. The van der Waals surface area contributed by atoms with Crippen LogP contribution in [0.15, 0.2) is 0 Å². The summed E-state index contributed by atoms with van der Waals surface area (Å²) in [7, 11) is 0. The van der Waals surface area contributed by atoms with Crippen LogP contribution in [0.5, 0.6) is 0 Å². The Balaban J connectivity index is 1.85. The molecule has 2 rings (SSSR count). The fraction of sp³-hybridized carbons (Fsp3) is 0.800. The number of carboxylic acid groups (broad SMARTS) is 1. The molecule has 0 aromatic rings. The van der Waals surface area contributed by atoms with E-state index in [1.165, 1.54) is 4.90 Å². The lowest BCUT2D eigenvalue weighted by atomic mass is 10.1. The smallest absolute Gasteiger partial charge is 0.410 e. The zero-order valence-electron chi connectivity index (χ0n) is 8.92. The Morgan fingerprint density at radius 1 is 1.50 bits per heavy atom. The topological polar surface area (TPSA) is 76.1 Å². The van der Waals surface area contributed by atoms with Crippen molar-refractivity contribution in [2.24, 2.45) is 0 Å². The van der Waals surface area contributed by atoms with Crippen LogP contribution in [0.2, 0.25) is 0 Å².